The van der Waals surface area contributed by atoms with E-state index in [1.807, 2.05) is 0 Å². The van der Waals surface area contributed by atoms with E-state index in [4.69, 9.17) is 10.8 Å². The summed E-state index contributed by atoms with van der Waals surface area (Å²) in [6, 6.07) is -0.661. The van der Waals surface area contributed by atoms with Gasteiger partial charge in [-0.2, -0.15) is 0 Å². The molecule has 1 rings (SSSR count). The molecule has 0 aromatic heterocycles. The summed E-state index contributed by atoms with van der Waals surface area (Å²) in [4.78, 5) is 10.8. The van der Waals surface area contributed by atoms with Gasteiger partial charge in [-0.3, -0.25) is 4.79 Å². The van der Waals surface area contributed by atoms with Gasteiger partial charge in [-0.05, 0) is 42.9 Å². The maximum atomic E-state index is 10.8. The molecule has 0 aliphatic heterocycles. The van der Waals surface area contributed by atoms with E-state index < -0.39 is 12.0 Å². The van der Waals surface area contributed by atoms with Gasteiger partial charge in [0.2, 0.25) is 0 Å². The molecule has 0 radical (unpaired) electrons. The zero-order chi connectivity index (χ0) is 11.6. The highest BCUT2D eigenvalue weighted by Gasteiger charge is 2.33. The van der Waals surface area contributed by atoms with Crippen LogP contribution in [0.1, 0.15) is 46.5 Å². The Balaban J connectivity index is 0.00000225. The third-order valence-electron chi connectivity index (χ3n) is 3.79. The number of nitrogens with two attached hydrogens (primary N) is 1. The fourth-order valence-corrected chi connectivity index (χ4v) is 2.55. The van der Waals surface area contributed by atoms with Gasteiger partial charge in [0.15, 0.2) is 0 Å². The Bertz CT molecular complexity index is 230. The van der Waals surface area contributed by atoms with E-state index >= 15 is 0 Å². The van der Waals surface area contributed by atoms with Crippen molar-refractivity contribution >= 4 is 18.4 Å². The lowest BCUT2D eigenvalue weighted by Crippen LogP contribution is -2.40. The quantitative estimate of drug-likeness (QED) is 0.791. The highest BCUT2D eigenvalue weighted by molar-refractivity contribution is 5.85. The molecule has 0 heterocycles. The van der Waals surface area contributed by atoms with Gasteiger partial charge in [0.1, 0.15) is 6.04 Å². The summed E-state index contributed by atoms with van der Waals surface area (Å²) in [6.07, 6.45) is 4.18. The van der Waals surface area contributed by atoms with Crippen molar-refractivity contribution in [1.29, 1.82) is 0 Å². The van der Waals surface area contributed by atoms with Gasteiger partial charge in [-0.25, -0.2) is 0 Å². The van der Waals surface area contributed by atoms with Crippen molar-refractivity contribution in [2.45, 2.75) is 52.5 Å². The minimum atomic E-state index is -0.853. The maximum Gasteiger partial charge on any atom is 0.320 e. The van der Waals surface area contributed by atoms with Crippen LogP contribution in [0, 0.1) is 17.3 Å². The molecule has 4 heteroatoms. The van der Waals surface area contributed by atoms with Crippen LogP contribution in [0.2, 0.25) is 0 Å². The van der Waals surface area contributed by atoms with E-state index in [1.54, 1.807) is 0 Å². The van der Waals surface area contributed by atoms with Gasteiger partial charge < -0.3 is 10.8 Å². The van der Waals surface area contributed by atoms with E-state index in [1.165, 1.54) is 0 Å². The average Bonchev–Trinajstić information content (AvgIpc) is 2.15. The number of carboxylic acid groups (broad SMARTS) is 1. The van der Waals surface area contributed by atoms with Crippen molar-refractivity contribution in [2.75, 3.05) is 0 Å². The van der Waals surface area contributed by atoms with Crippen LogP contribution in [0.25, 0.3) is 0 Å². The van der Waals surface area contributed by atoms with E-state index in [9.17, 15) is 4.79 Å². The second-order valence-corrected chi connectivity index (χ2v) is 5.84. The molecular weight excluding hydrogens is 226 g/mol. The van der Waals surface area contributed by atoms with Gasteiger partial charge in [0.25, 0.3) is 0 Å². The van der Waals surface area contributed by atoms with Crippen molar-refractivity contribution < 1.29 is 9.90 Å². The number of hydrogen-bond donors (Lipinski definition) is 2. The number of carboxylic acids is 1. The molecule has 0 aromatic carbocycles. The van der Waals surface area contributed by atoms with Gasteiger partial charge in [-0.15, -0.1) is 12.4 Å². The minimum Gasteiger partial charge on any atom is -0.480 e. The molecule has 0 bridgehead atoms. The SMILES string of the molecule is CC(C)(C)[C@H]1CC[C@H]([C@H](N)C(=O)O)CC1.Cl. The predicted octanol–water partition coefficient (Wildman–Crippen LogP) is 2.67. The van der Waals surface area contributed by atoms with Crippen LogP contribution in [0.5, 0.6) is 0 Å². The van der Waals surface area contributed by atoms with Crippen LogP contribution in [0.4, 0.5) is 0 Å². The molecule has 1 saturated carbocycles. The number of aliphatic carboxylic acids is 1. The molecule has 0 spiro atoms. The Labute approximate surface area is 104 Å². The number of rotatable bonds is 2. The molecule has 0 saturated heterocycles. The zero-order valence-corrected chi connectivity index (χ0v) is 11.2. The zero-order valence-electron chi connectivity index (χ0n) is 10.4. The largest absolute Gasteiger partial charge is 0.480 e. The first-order valence-corrected chi connectivity index (χ1v) is 5.80. The molecule has 3 N–H and O–H groups in total. The van der Waals surface area contributed by atoms with Crippen LogP contribution in [-0.4, -0.2) is 17.1 Å². The third-order valence-corrected chi connectivity index (χ3v) is 3.79. The summed E-state index contributed by atoms with van der Waals surface area (Å²) < 4.78 is 0. The van der Waals surface area contributed by atoms with Crippen molar-refractivity contribution in [3.05, 3.63) is 0 Å². The second-order valence-electron chi connectivity index (χ2n) is 5.84. The highest BCUT2D eigenvalue weighted by atomic mass is 35.5. The lowest BCUT2D eigenvalue weighted by atomic mass is 9.68. The Kier molecular flexibility index (Phi) is 5.77. The van der Waals surface area contributed by atoms with Crippen LogP contribution >= 0.6 is 12.4 Å². The fourth-order valence-electron chi connectivity index (χ4n) is 2.55. The Morgan fingerprint density at radius 2 is 1.69 bits per heavy atom. The smallest absolute Gasteiger partial charge is 0.320 e. The number of carbonyl (C=O) groups is 1. The second kappa shape index (κ2) is 5.87. The first-order valence-electron chi connectivity index (χ1n) is 5.80. The van der Waals surface area contributed by atoms with Gasteiger partial charge in [-0.1, -0.05) is 20.8 Å². The first-order chi connectivity index (χ1) is 6.82. The predicted molar refractivity (Wildman–Crippen MR) is 67.8 cm³/mol. The molecule has 1 aliphatic rings. The van der Waals surface area contributed by atoms with Crippen LogP contribution in [0.3, 0.4) is 0 Å². The Hall–Kier alpha value is -0.280. The molecule has 1 aliphatic carbocycles. The molecule has 96 valence electrons. The topological polar surface area (TPSA) is 63.3 Å². The first kappa shape index (κ1) is 15.7. The van der Waals surface area contributed by atoms with Gasteiger partial charge in [0, 0.05) is 0 Å². The standard InChI is InChI=1S/C12H23NO2.ClH/c1-12(2,3)9-6-4-8(5-7-9)10(13)11(14)15;/h8-10H,4-7,13H2,1-3H3,(H,14,15);1H/t8-,9-,10-;/m0./s1. The molecule has 0 amide bonds. The lowest BCUT2D eigenvalue weighted by Gasteiger charge is -2.37. The van der Waals surface area contributed by atoms with Crippen molar-refractivity contribution in [3.63, 3.8) is 0 Å². The molecule has 3 nitrogen and oxygen atoms in total. The monoisotopic (exact) mass is 249 g/mol. The van der Waals surface area contributed by atoms with Crippen LogP contribution < -0.4 is 5.73 Å². The Morgan fingerprint density at radius 1 is 1.25 bits per heavy atom. The normalized spacial score (nSPS) is 28.0. The summed E-state index contributed by atoms with van der Waals surface area (Å²) in [5.41, 5.74) is 5.99. The van der Waals surface area contributed by atoms with Crippen LogP contribution in [-0.2, 0) is 4.79 Å². The average molecular weight is 250 g/mol. The summed E-state index contributed by atoms with van der Waals surface area (Å²) in [6.45, 7) is 6.78. The van der Waals surface area contributed by atoms with Crippen LogP contribution in [0.15, 0.2) is 0 Å². The van der Waals surface area contributed by atoms with E-state index in [0.29, 0.717) is 5.41 Å². The summed E-state index contributed by atoms with van der Waals surface area (Å²) >= 11 is 0. The molecule has 1 atom stereocenters. The van der Waals surface area contributed by atoms with Gasteiger partial charge in [0.05, 0.1) is 0 Å². The molecule has 0 unspecified atom stereocenters. The van der Waals surface area contributed by atoms with E-state index in [0.717, 1.165) is 31.6 Å². The number of hydrogen-bond acceptors (Lipinski definition) is 2. The lowest BCUT2D eigenvalue weighted by molar-refractivity contribution is -0.140. The third kappa shape index (κ3) is 3.95. The Morgan fingerprint density at radius 3 is 2.00 bits per heavy atom. The minimum absolute atomic E-state index is 0. The van der Waals surface area contributed by atoms with E-state index in [-0.39, 0.29) is 18.3 Å². The van der Waals surface area contributed by atoms with Crippen molar-refractivity contribution in [1.82, 2.24) is 0 Å². The summed E-state index contributed by atoms with van der Waals surface area (Å²) in [5.74, 6) is 0.0463. The van der Waals surface area contributed by atoms with Crippen molar-refractivity contribution in [3.8, 4) is 0 Å². The molecule has 0 aromatic rings. The van der Waals surface area contributed by atoms with E-state index in [2.05, 4.69) is 20.8 Å². The maximum absolute atomic E-state index is 10.8. The van der Waals surface area contributed by atoms with Gasteiger partial charge >= 0.3 is 5.97 Å². The summed E-state index contributed by atoms with van der Waals surface area (Å²) in [7, 11) is 0. The summed E-state index contributed by atoms with van der Waals surface area (Å²) in [5, 5.41) is 8.84. The van der Waals surface area contributed by atoms with Crippen molar-refractivity contribution in [2.24, 2.45) is 23.0 Å². The highest BCUT2D eigenvalue weighted by Crippen LogP contribution is 2.40. The molecule has 16 heavy (non-hydrogen) atoms. The number of halogens is 1. The molecular formula is C12H24ClNO2. The molecule has 1 fully saturated rings. The fraction of sp³-hybridized carbons (Fsp3) is 0.917.